The van der Waals surface area contributed by atoms with Crippen LogP contribution < -0.4 is 14.2 Å². The van der Waals surface area contributed by atoms with Crippen LogP contribution in [0.25, 0.3) is 5.65 Å². The van der Waals surface area contributed by atoms with Crippen molar-refractivity contribution in [1.82, 2.24) is 9.38 Å². The molecule has 170 valence electrons. The van der Waals surface area contributed by atoms with Gasteiger partial charge in [-0.2, -0.15) is 0 Å². The van der Waals surface area contributed by atoms with Crippen LogP contribution in [-0.4, -0.2) is 38.0 Å². The molecule has 0 bridgehead atoms. The van der Waals surface area contributed by atoms with Gasteiger partial charge in [0.2, 0.25) is 0 Å². The SMILES string of the molecule is COC(=O)c1ccc(S(=O)(=O)Nc2ccc(OC)c(OCc3cn4ccccc4n3)c2)cc1. The van der Waals surface area contributed by atoms with Crippen molar-refractivity contribution in [2.45, 2.75) is 11.5 Å². The molecule has 0 unspecified atom stereocenters. The van der Waals surface area contributed by atoms with E-state index in [1.807, 2.05) is 35.0 Å². The van der Waals surface area contributed by atoms with E-state index in [1.54, 1.807) is 12.1 Å². The van der Waals surface area contributed by atoms with Crippen molar-refractivity contribution in [3.05, 3.63) is 84.3 Å². The number of pyridine rings is 1. The summed E-state index contributed by atoms with van der Waals surface area (Å²) in [4.78, 5) is 16.0. The Labute approximate surface area is 190 Å². The largest absolute Gasteiger partial charge is 0.493 e. The number of methoxy groups -OCH3 is 2. The Morgan fingerprint density at radius 3 is 2.52 bits per heavy atom. The smallest absolute Gasteiger partial charge is 0.337 e. The van der Waals surface area contributed by atoms with E-state index in [2.05, 4.69) is 14.4 Å². The van der Waals surface area contributed by atoms with Gasteiger partial charge in [-0.15, -0.1) is 0 Å². The standard InChI is InChI=1S/C23H21N3O6S/c1-30-20-11-8-17(25-33(28,29)19-9-6-16(7-10-19)23(27)31-2)13-21(20)32-15-18-14-26-12-4-3-5-22(26)24-18/h3-14,25H,15H2,1-2H3. The molecule has 1 N–H and O–H groups in total. The third-order valence-electron chi connectivity index (χ3n) is 4.79. The van der Waals surface area contributed by atoms with E-state index in [9.17, 15) is 13.2 Å². The van der Waals surface area contributed by atoms with Gasteiger partial charge < -0.3 is 18.6 Å². The summed E-state index contributed by atoms with van der Waals surface area (Å²) in [5, 5.41) is 0. The molecule has 0 saturated carbocycles. The Hall–Kier alpha value is -4.05. The molecule has 9 nitrogen and oxygen atoms in total. The first-order valence-corrected chi connectivity index (χ1v) is 11.3. The third-order valence-corrected chi connectivity index (χ3v) is 6.19. The molecule has 10 heteroatoms. The molecule has 0 radical (unpaired) electrons. The molecule has 0 aliphatic carbocycles. The molecular weight excluding hydrogens is 446 g/mol. The Morgan fingerprint density at radius 2 is 1.82 bits per heavy atom. The van der Waals surface area contributed by atoms with Crippen molar-refractivity contribution in [1.29, 1.82) is 0 Å². The minimum atomic E-state index is -3.90. The number of hydrogen-bond donors (Lipinski definition) is 1. The molecule has 0 spiro atoms. The summed E-state index contributed by atoms with van der Waals surface area (Å²) in [6, 6.07) is 15.8. The fourth-order valence-corrected chi connectivity index (χ4v) is 4.21. The molecular formula is C23H21N3O6S. The molecule has 2 aromatic heterocycles. The number of carbonyl (C=O) groups is 1. The lowest BCUT2D eigenvalue weighted by Gasteiger charge is -2.13. The molecule has 33 heavy (non-hydrogen) atoms. The predicted molar refractivity (Wildman–Crippen MR) is 121 cm³/mol. The number of anilines is 1. The Bertz CT molecular complexity index is 1360. The van der Waals surface area contributed by atoms with Gasteiger partial charge in [0.05, 0.1) is 36.1 Å². The molecule has 2 heterocycles. The first kappa shape index (κ1) is 22.2. The number of esters is 1. The summed E-state index contributed by atoms with van der Waals surface area (Å²) in [6.45, 7) is 0.170. The van der Waals surface area contributed by atoms with Crippen LogP contribution in [0, 0.1) is 0 Å². The lowest BCUT2D eigenvalue weighted by atomic mass is 10.2. The predicted octanol–water partition coefficient (Wildman–Crippen LogP) is 3.51. The normalized spacial score (nSPS) is 11.2. The second-order valence-corrected chi connectivity index (χ2v) is 8.66. The van der Waals surface area contributed by atoms with E-state index in [4.69, 9.17) is 9.47 Å². The number of nitrogens with zero attached hydrogens (tertiary/aromatic N) is 2. The summed E-state index contributed by atoms with van der Waals surface area (Å²) >= 11 is 0. The van der Waals surface area contributed by atoms with Crippen LogP contribution >= 0.6 is 0 Å². The number of benzene rings is 2. The number of carbonyl (C=O) groups excluding carboxylic acids is 1. The monoisotopic (exact) mass is 467 g/mol. The molecule has 4 rings (SSSR count). The Kier molecular flexibility index (Phi) is 6.18. The summed E-state index contributed by atoms with van der Waals surface area (Å²) in [6.07, 6.45) is 3.74. The van der Waals surface area contributed by atoms with Crippen LogP contribution in [0.2, 0.25) is 0 Å². The van der Waals surface area contributed by atoms with Gasteiger partial charge >= 0.3 is 5.97 Å². The third kappa shape index (κ3) is 4.90. The molecule has 0 fully saturated rings. The van der Waals surface area contributed by atoms with Gasteiger partial charge in [-0.25, -0.2) is 18.2 Å². The van der Waals surface area contributed by atoms with Gasteiger partial charge in [-0.3, -0.25) is 4.72 Å². The maximum absolute atomic E-state index is 12.8. The van der Waals surface area contributed by atoms with Gasteiger partial charge in [0, 0.05) is 18.5 Å². The van der Waals surface area contributed by atoms with E-state index in [0.717, 1.165) is 5.65 Å². The minimum Gasteiger partial charge on any atom is -0.493 e. The first-order chi connectivity index (χ1) is 15.9. The van der Waals surface area contributed by atoms with Crippen LogP contribution in [0.15, 0.2) is 78.0 Å². The maximum atomic E-state index is 12.8. The average molecular weight is 468 g/mol. The van der Waals surface area contributed by atoms with E-state index < -0.39 is 16.0 Å². The fourth-order valence-electron chi connectivity index (χ4n) is 3.16. The Morgan fingerprint density at radius 1 is 1.03 bits per heavy atom. The highest BCUT2D eigenvalue weighted by atomic mass is 32.2. The van der Waals surface area contributed by atoms with Crippen molar-refractivity contribution >= 4 is 27.3 Å². The van der Waals surface area contributed by atoms with E-state index >= 15 is 0 Å². The van der Waals surface area contributed by atoms with Gasteiger partial charge in [-0.05, 0) is 48.5 Å². The quantitative estimate of drug-likeness (QED) is 0.395. The number of nitrogens with one attached hydrogen (secondary N) is 1. The highest BCUT2D eigenvalue weighted by Gasteiger charge is 2.17. The average Bonchev–Trinajstić information content (AvgIpc) is 3.25. The maximum Gasteiger partial charge on any atom is 0.337 e. The molecule has 0 aliphatic rings. The number of rotatable bonds is 8. The van der Waals surface area contributed by atoms with Crippen LogP contribution in [0.1, 0.15) is 16.1 Å². The number of sulfonamides is 1. The zero-order chi connectivity index (χ0) is 23.4. The van der Waals surface area contributed by atoms with Gasteiger partial charge in [0.15, 0.2) is 11.5 Å². The van der Waals surface area contributed by atoms with Crippen molar-refractivity contribution in [3.63, 3.8) is 0 Å². The zero-order valence-corrected chi connectivity index (χ0v) is 18.7. The van der Waals surface area contributed by atoms with Gasteiger partial charge in [-0.1, -0.05) is 6.07 Å². The molecule has 0 amide bonds. The molecule has 2 aromatic carbocycles. The number of hydrogen-bond acceptors (Lipinski definition) is 7. The van der Waals surface area contributed by atoms with Crippen molar-refractivity contribution in [2.75, 3.05) is 18.9 Å². The van der Waals surface area contributed by atoms with Crippen LogP contribution in [0.4, 0.5) is 5.69 Å². The lowest BCUT2D eigenvalue weighted by molar-refractivity contribution is 0.0600. The highest BCUT2D eigenvalue weighted by Crippen LogP contribution is 2.32. The highest BCUT2D eigenvalue weighted by molar-refractivity contribution is 7.92. The van der Waals surface area contributed by atoms with Gasteiger partial charge in [0.1, 0.15) is 12.3 Å². The number of fused-ring (bicyclic) bond motifs is 1. The number of ether oxygens (including phenoxy) is 3. The zero-order valence-electron chi connectivity index (χ0n) is 17.9. The van der Waals surface area contributed by atoms with Crippen LogP contribution in [0.5, 0.6) is 11.5 Å². The van der Waals surface area contributed by atoms with E-state index in [1.165, 1.54) is 44.6 Å². The van der Waals surface area contributed by atoms with E-state index in [0.29, 0.717) is 17.2 Å². The summed E-state index contributed by atoms with van der Waals surface area (Å²) in [7, 11) is -1.14. The van der Waals surface area contributed by atoms with E-state index in [-0.39, 0.29) is 22.8 Å². The molecule has 0 saturated heterocycles. The minimum absolute atomic E-state index is 0.00172. The van der Waals surface area contributed by atoms with Crippen LogP contribution in [-0.2, 0) is 21.4 Å². The second kappa shape index (κ2) is 9.21. The summed E-state index contributed by atoms with van der Waals surface area (Å²) in [5.74, 6) is 0.259. The first-order valence-electron chi connectivity index (χ1n) is 9.84. The number of aromatic nitrogens is 2. The van der Waals surface area contributed by atoms with Crippen molar-refractivity contribution in [2.24, 2.45) is 0 Å². The topological polar surface area (TPSA) is 108 Å². The molecule has 0 atom stereocenters. The fraction of sp³-hybridized carbons (Fsp3) is 0.130. The summed E-state index contributed by atoms with van der Waals surface area (Å²) < 4.78 is 45.8. The van der Waals surface area contributed by atoms with Crippen molar-refractivity contribution in [3.8, 4) is 11.5 Å². The van der Waals surface area contributed by atoms with Crippen molar-refractivity contribution < 1.29 is 27.4 Å². The van der Waals surface area contributed by atoms with Gasteiger partial charge in [0.25, 0.3) is 10.0 Å². The second-order valence-electron chi connectivity index (χ2n) is 6.97. The lowest BCUT2D eigenvalue weighted by Crippen LogP contribution is -2.13. The van der Waals surface area contributed by atoms with Crippen LogP contribution in [0.3, 0.4) is 0 Å². The molecule has 4 aromatic rings. The summed E-state index contributed by atoms with van der Waals surface area (Å²) in [5.41, 5.74) is 2.05. The number of imidazole rings is 1. The Balaban J connectivity index is 1.52. The molecule has 0 aliphatic heterocycles.